The second-order valence-electron chi connectivity index (χ2n) is 5.42. The van der Waals surface area contributed by atoms with Gasteiger partial charge in [-0.3, -0.25) is 19.7 Å². The number of pyridine rings is 1. The summed E-state index contributed by atoms with van der Waals surface area (Å²) in [5, 5.41) is 6.90. The van der Waals surface area contributed by atoms with Crippen molar-refractivity contribution < 1.29 is 9.59 Å². The van der Waals surface area contributed by atoms with Gasteiger partial charge in [-0.15, -0.1) is 5.10 Å². The summed E-state index contributed by atoms with van der Waals surface area (Å²) in [5.74, 6) is 0.150. The lowest BCUT2D eigenvalue weighted by Crippen LogP contribution is -2.31. The van der Waals surface area contributed by atoms with E-state index in [1.165, 1.54) is 16.7 Å². The number of amides is 2. The van der Waals surface area contributed by atoms with Crippen molar-refractivity contribution in [3.8, 4) is 11.4 Å². The van der Waals surface area contributed by atoms with E-state index in [0.29, 0.717) is 16.7 Å². The van der Waals surface area contributed by atoms with Gasteiger partial charge in [0.05, 0.1) is 5.69 Å². The van der Waals surface area contributed by atoms with Crippen LogP contribution in [-0.2, 0) is 9.59 Å². The summed E-state index contributed by atoms with van der Waals surface area (Å²) in [6.45, 7) is 0. The first-order chi connectivity index (χ1) is 12.2. The molecule has 7 nitrogen and oxygen atoms in total. The molecule has 0 radical (unpaired) electrons. The molecule has 2 aromatic heterocycles. The number of carbonyl (C=O) groups is 2. The van der Waals surface area contributed by atoms with E-state index in [4.69, 9.17) is 0 Å². The minimum absolute atomic E-state index is 0.136. The molecule has 1 unspecified atom stereocenters. The molecule has 3 aromatic rings. The Morgan fingerprint density at radius 2 is 1.84 bits per heavy atom. The molecule has 1 aliphatic heterocycles. The van der Waals surface area contributed by atoms with Gasteiger partial charge in [0.2, 0.25) is 17.0 Å². The van der Waals surface area contributed by atoms with Crippen LogP contribution in [0.3, 0.4) is 0 Å². The molecule has 1 N–H and O–H groups in total. The van der Waals surface area contributed by atoms with E-state index in [1.54, 1.807) is 36.7 Å². The van der Waals surface area contributed by atoms with Crippen LogP contribution in [-0.4, -0.2) is 37.2 Å². The van der Waals surface area contributed by atoms with Gasteiger partial charge in [0.1, 0.15) is 5.25 Å². The lowest BCUT2D eigenvalue weighted by molar-refractivity contribution is -0.121. The standard InChI is InChI=1S/C17H13N5O2S/c23-14-10-13(16(24)22(14)12-4-2-1-3-5-12)25-17-19-15(20-21-17)11-6-8-18-9-7-11/h1-9,13H,10H2,(H,19,20,21). The van der Waals surface area contributed by atoms with Crippen LogP contribution in [0.5, 0.6) is 0 Å². The number of aromatic amines is 1. The van der Waals surface area contributed by atoms with E-state index in [-0.39, 0.29) is 18.2 Å². The summed E-state index contributed by atoms with van der Waals surface area (Å²) < 4.78 is 0. The van der Waals surface area contributed by atoms with Gasteiger partial charge in [-0.05, 0) is 24.3 Å². The molecular weight excluding hydrogens is 338 g/mol. The number of imide groups is 1. The average molecular weight is 351 g/mol. The lowest BCUT2D eigenvalue weighted by atomic mass is 10.3. The van der Waals surface area contributed by atoms with Crippen LogP contribution in [0, 0.1) is 0 Å². The monoisotopic (exact) mass is 351 g/mol. The molecule has 25 heavy (non-hydrogen) atoms. The van der Waals surface area contributed by atoms with Crippen molar-refractivity contribution in [3.05, 3.63) is 54.9 Å². The van der Waals surface area contributed by atoms with Gasteiger partial charge in [0, 0.05) is 24.4 Å². The van der Waals surface area contributed by atoms with Crippen molar-refractivity contribution in [1.82, 2.24) is 20.2 Å². The highest BCUT2D eigenvalue weighted by molar-refractivity contribution is 8.00. The Labute approximate surface area is 147 Å². The number of aromatic nitrogens is 4. The van der Waals surface area contributed by atoms with Gasteiger partial charge in [0.15, 0.2) is 5.82 Å². The third-order valence-electron chi connectivity index (χ3n) is 3.79. The maximum absolute atomic E-state index is 12.6. The fourth-order valence-corrected chi connectivity index (χ4v) is 3.54. The predicted molar refractivity (Wildman–Crippen MR) is 92.8 cm³/mol. The number of carbonyl (C=O) groups excluding carboxylic acids is 2. The van der Waals surface area contributed by atoms with Crippen molar-refractivity contribution in [2.24, 2.45) is 0 Å². The predicted octanol–water partition coefficient (Wildman–Crippen LogP) is 2.29. The number of H-pyrrole nitrogens is 1. The van der Waals surface area contributed by atoms with E-state index in [2.05, 4.69) is 20.2 Å². The Morgan fingerprint density at radius 1 is 1.08 bits per heavy atom. The van der Waals surface area contributed by atoms with Gasteiger partial charge in [-0.25, -0.2) is 9.88 Å². The minimum atomic E-state index is -0.520. The van der Waals surface area contributed by atoms with E-state index in [0.717, 1.165) is 5.56 Å². The summed E-state index contributed by atoms with van der Waals surface area (Å²) in [4.78, 5) is 34.4. The SMILES string of the molecule is O=C1CC(Sc2n[nH]c(-c3ccncc3)n2)C(=O)N1c1ccccc1. The maximum atomic E-state index is 12.6. The van der Waals surface area contributed by atoms with Crippen molar-refractivity contribution >= 4 is 29.3 Å². The molecule has 0 saturated carbocycles. The fourth-order valence-electron chi connectivity index (χ4n) is 2.61. The van der Waals surface area contributed by atoms with Crippen LogP contribution in [0.2, 0.25) is 0 Å². The molecular formula is C17H13N5O2S. The number of benzene rings is 1. The van der Waals surface area contributed by atoms with Crippen molar-refractivity contribution in [3.63, 3.8) is 0 Å². The smallest absolute Gasteiger partial charge is 0.247 e. The third kappa shape index (κ3) is 3.03. The molecule has 3 heterocycles. The highest BCUT2D eigenvalue weighted by Gasteiger charge is 2.40. The first-order valence-corrected chi connectivity index (χ1v) is 8.51. The average Bonchev–Trinajstić information content (AvgIpc) is 3.22. The van der Waals surface area contributed by atoms with Crippen LogP contribution < -0.4 is 4.90 Å². The summed E-state index contributed by atoms with van der Waals surface area (Å²) in [7, 11) is 0. The number of hydrogen-bond donors (Lipinski definition) is 1. The first kappa shape index (κ1) is 15.5. The zero-order valence-electron chi connectivity index (χ0n) is 13.0. The van der Waals surface area contributed by atoms with Crippen molar-refractivity contribution in [1.29, 1.82) is 0 Å². The van der Waals surface area contributed by atoms with Gasteiger partial charge < -0.3 is 0 Å². The zero-order chi connectivity index (χ0) is 17.2. The quantitative estimate of drug-likeness (QED) is 0.725. The van der Waals surface area contributed by atoms with Gasteiger partial charge in [0.25, 0.3) is 0 Å². The van der Waals surface area contributed by atoms with Crippen LogP contribution in [0.4, 0.5) is 5.69 Å². The fraction of sp³-hybridized carbons (Fsp3) is 0.118. The molecule has 4 rings (SSSR count). The van der Waals surface area contributed by atoms with Crippen molar-refractivity contribution in [2.75, 3.05) is 4.90 Å². The Kier molecular flexibility index (Phi) is 4.02. The van der Waals surface area contributed by atoms with Crippen LogP contribution >= 0.6 is 11.8 Å². The number of anilines is 1. The number of hydrogen-bond acceptors (Lipinski definition) is 6. The number of nitrogens with zero attached hydrogens (tertiary/aromatic N) is 4. The molecule has 1 atom stereocenters. The number of nitrogens with one attached hydrogen (secondary N) is 1. The largest absolute Gasteiger partial charge is 0.274 e. The molecule has 1 aromatic carbocycles. The van der Waals surface area contributed by atoms with E-state index in [1.807, 2.05) is 18.2 Å². The van der Waals surface area contributed by atoms with Gasteiger partial charge in [-0.1, -0.05) is 30.0 Å². The van der Waals surface area contributed by atoms with Gasteiger partial charge >= 0.3 is 0 Å². The number of para-hydroxylation sites is 1. The van der Waals surface area contributed by atoms with E-state index < -0.39 is 5.25 Å². The summed E-state index contributed by atoms with van der Waals surface area (Å²) in [6.07, 6.45) is 3.47. The molecule has 2 amide bonds. The first-order valence-electron chi connectivity index (χ1n) is 7.63. The molecule has 1 fully saturated rings. The van der Waals surface area contributed by atoms with Crippen LogP contribution in [0.1, 0.15) is 6.42 Å². The summed E-state index contributed by atoms with van der Waals surface area (Å²) >= 11 is 1.20. The van der Waals surface area contributed by atoms with E-state index in [9.17, 15) is 9.59 Å². The number of rotatable bonds is 4. The normalized spacial score (nSPS) is 17.3. The maximum Gasteiger partial charge on any atom is 0.247 e. The molecule has 124 valence electrons. The minimum Gasteiger partial charge on any atom is -0.274 e. The Balaban J connectivity index is 1.52. The van der Waals surface area contributed by atoms with Crippen molar-refractivity contribution in [2.45, 2.75) is 16.8 Å². The Bertz CT molecular complexity index is 913. The number of thioether (sulfide) groups is 1. The Hall–Kier alpha value is -3.00. The lowest BCUT2D eigenvalue weighted by Gasteiger charge is -2.14. The summed E-state index contributed by atoms with van der Waals surface area (Å²) in [5.41, 5.74) is 1.45. The summed E-state index contributed by atoms with van der Waals surface area (Å²) in [6, 6.07) is 12.6. The van der Waals surface area contributed by atoms with Crippen LogP contribution in [0.15, 0.2) is 60.0 Å². The molecule has 0 aliphatic carbocycles. The molecule has 8 heteroatoms. The molecule has 1 aliphatic rings. The highest BCUT2D eigenvalue weighted by atomic mass is 32.2. The topological polar surface area (TPSA) is 91.8 Å². The second-order valence-corrected chi connectivity index (χ2v) is 6.59. The molecule has 0 bridgehead atoms. The molecule has 0 spiro atoms. The Morgan fingerprint density at radius 3 is 2.60 bits per heavy atom. The zero-order valence-corrected chi connectivity index (χ0v) is 13.8. The molecule has 1 saturated heterocycles. The van der Waals surface area contributed by atoms with E-state index >= 15 is 0 Å². The van der Waals surface area contributed by atoms with Gasteiger partial charge in [-0.2, -0.15) is 0 Å². The second kappa shape index (κ2) is 6.48. The van der Waals surface area contributed by atoms with Crippen LogP contribution in [0.25, 0.3) is 11.4 Å². The highest BCUT2D eigenvalue weighted by Crippen LogP contribution is 2.32. The third-order valence-corrected chi connectivity index (χ3v) is 4.83.